The number of hydrogen-bond acceptors (Lipinski definition) is 4. The van der Waals surface area contributed by atoms with Gasteiger partial charge in [-0.15, -0.1) is 0 Å². The number of carbonyl (C=O) groups excluding carboxylic acids is 1. The van der Waals surface area contributed by atoms with Crippen LogP contribution in [0.1, 0.15) is 36.4 Å². The van der Waals surface area contributed by atoms with Crippen LogP contribution >= 0.6 is 0 Å². The van der Waals surface area contributed by atoms with E-state index in [1.807, 2.05) is 33.5 Å². The molecule has 2 aromatic heterocycles. The number of hydrogen-bond donors (Lipinski definition) is 0. The van der Waals surface area contributed by atoms with E-state index in [1.165, 1.54) is 5.56 Å². The van der Waals surface area contributed by atoms with Gasteiger partial charge in [-0.05, 0) is 33.8 Å². The van der Waals surface area contributed by atoms with E-state index in [-0.39, 0.29) is 5.91 Å². The van der Waals surface area contributed by atoms with E-state index >= 15 is 0 Å². The van der Waals surface area contributed by atoms with Crippen molar-refractivity contribution >= 4 is 12.0 Å². The van der Waals surface area contributed by atoms with Gasteiger partial charge in [0, 0.05) is 74.9 Å². The van der Waals surface area contributed by atoms with E-state index in [0.717, 1.165) is 62.8 Å². The van der Waals surface area contributed by atoms with Crippen molar-refractivity contribution in [3.05, 3.63) is 41.0 Å². The van der Waals surface area contributed by atoms with Crippen molar-refractivity contribution in [1.82, 2.24) is 29.4 Å². The molecule has 1 aliphatic heterocycles. The smallest absolute Gasteiger partial charge is 0.246 e. The van der Waals surface area contributed by atoms with Gasteiger partial charge < -0.3 is 4.90 Å². The predicted octanol–water partition coefficient (Wildman–Crippen LogP) is 2.09. The molecule has 27 heavy (non-hydrogen) atoms. The minimum atomic E-state index is 0.0771. The first-order chi connectivity index (χ1) is 13.0. The molecule has 7 heteroatoms. The predicted molar refractivity (Wildman–Crippen MR) is 106 cm³/mol. The van der Waals surface area contributed by atoms with Crippen molar-refractivity contribution in [2.45, 2.75) is 47.3 Å². The lowest BCUT2D eigenvalue weighted by molar-refractivity contribution is -0.127. The Morgan fingerprint density at radius 3 is 2.48 bits per heavy atom. The van der Waals surface area contributed by atoms with Gasteiger partial charge in [0.25, 0.3) is 0 Å². The second-order valence-electron chi connectivity index (χ2n) is 7.03. The lowest BCUT2D eigenvalue weighted by Crippen LogP contribution is -2.47. The van der Waals surface area contributed by atoms with Crippen molar-refractivity contribution in [1.29, 1.82) is 0 Å². The SMILES string of the molecule is CCn1cc(CN2CCN(C(=O)/C=C/c3cnn(CC)c3C)CC2)c(C)n1. The molecule has 0 atom stereocenters. The average Bonchev–Trinajstić information content (AvgIpc) is 3.22. The maximum Gasteiger partial charge on any atom is 0.246 e. The fourth-order valence-electron chi connectivity index (χ4n) is 3.45. The van der Waals surface area contributed by atoms with Crippen LogP contribution in [0, 0.1) is 13.8 Å². The summed E-state index contributed by atoms with van der Waals surface area (Å²) < 4.78 is 3.92. The van der Waals surface area contributed by atoms with Crippen molar-refractivity contribution in [2.24, 2.45) is 0 Å². The van der Waals surface area contributed by atoms with E-state index in [9.17, 15) is 4.79 Å². The maximum absolute atomic E-state index is 12.5. The third kappa shape index (κ3) is 4.47. The lowest BCUT2D eigenvalue weighted by atomic mass is 10.2. The van der Waals surface area contributed by atoms with Crippen molar-refractivity contribution < 1.29 is 4.79 Å². The molecule has 3 heterocycles. The summed E-state index contributed by atoms with van der Waals surface area (Å²) in [6.45, 7) is 14.2. The van der Waals surface area contributed by atoms with Gasteiger partial charge in [-0.2, -0.15) is 10.2 Å². The van der Waals surface area contributed by atoms with Crippen molar-refractivity contribution in [2.75, 3.05) is 26.2 Å². The number of amides is 1. The molecule has 0 saturated carbocycles. The topological polar surface area (TPSA) is 59.2 Å². The molecule has 3 rings (SSSR count). The Morgan fingerprint density at radius 2 is 1.89 bits per heavy atom. The molecule has 7 nitrogen and oxygen atoms in total. The number of nitrogens with zero attached hydrogens (tertiary/aromatic N) is 6. The summed E-state index contributed by atoms with van der Waals surface area (Å²) in [5, 5.41) is 8.83. The zero-order valence-electron chi connectivity index (χ0n) is 16.9. The van der Waals surface area contributed by atoms with Crippen molar-refractivity contribution in [3.8, 4) is 0 Å². The van der Waals surface area contributed by atoms with Crippen LogP contribution in [0.25, 0.3) is 6.08 Å². The van der Waals surface area contributed by atoms with E-state index < -0.39 is 0 Å². The lowest BCUT2D eigenvalue weighted by Gasteiger charge is -2.34. The first-order valence-electron chi connectivity index (χ1n) is 9.76. The van der Waals surface area contributed by atoms with Gasteiger partial charge in [-0.3, -0.25) is 19.1 Å². The molecule has 0 aromatic carbocycles. The Balaban J connectivity index is 1.52. The fourth-order valence-corrected chi connectivity index (χ4v) is 3.45. The highest BCUT2D eigenvalue weighted by molar-refractivity contribution is 5.92. The normalized spacial score (nSPS) is 15.8. The zero-order chi connectivity index (χ0) is 19.4. The molecule has 146 valence electrons. The number of aromatic nitrogens is 4. The number of piperazine rings is 1. The molecule has 1 amide bonds. The van der Waals surface area contributed by atoms with Gasteiger partial charge >= 0.3 is 0 Å². The molecule has 0 spiro atoms. The minimum Gasteiger partial charge on any atom is -0.337 e. The summed E-state index contributed by atoms with van der Waals surface area (Å²) in [6.07, 6.45) is 7.51. The number of carbonyl (C=O) groups is 1. The molecule has 1 fully saturated rings. The summed E-state index contributed by atoms with van der Waals surface area (Å²) in [5.74, 6) is 0.0771. The van der Waals surface area contributed by atoms with Gasteiger partial charge in [-0.25, -0.2) is 0 Å². The summed E-state index contributed by atoms with van der Waals surface area (Å²) >= 11 is 0. The van der Waals surface area contributed by atoms with E-state index in [1.54, 1.807) is 6.08 Å². The minimum absolute atomic E-state index is 0.0771. The van der Waals surface area contributed by atoms with Gasteiger partial charge in [-0.1, -0.05) is 0 Å². The monoisotopic (exact) mass is 370 g/mol. The summed E-state index contributed by atoms with van der Waals surface area (Å²) in [6, 6.07) is 0. The van der Waals surface area contributed by atoms with E-state index in [0.29, 0.717) is 0 Å². The Bertz CT molecular complexity index is 811. The molecule has 0 radical (unpaired) electrons. The quantitative estimate of drug-likeness (QED) is 0.731. The molecular weight excluding hydrogens is 340 g/mol. The molecule has 1 aliphatic rings. The molecular formula is C20H30N6O. The van der Waals surface area contributed by atoms with Crippen LogP contribution in [0.2, 0.25) is 0 Å². The zero-order valence-corrected chi connectivity index (χ0v) is 16.9. The van der Waals surface area contributed by atoms with Crippen LogP contribution in [0.4, 0.5) is 0 Å². The van der Waals surface area contributed by atoms with Crippen LogP contribution in [0.3, 0.4) is 0 Å². The van der Waals surface area contributed by atoms with Crippen LogP contribution in [-0.4, -0.2) is 61.4 Å². The first kappa shape index (κ1) is 19.4. The number of rotatable bonds is 6. The summed E-state index contributed by atoms with van der Waals surface area (Å²) in [4.78, 5) is 16.8. The van der Waals surface area contributed by atoms with Gasteiger partial charge in [0.15, 0.2) is 0 Å². The molecule has 1 saturated heterocycles. The first-order valence-corrected chi connectivity index (χ1v) is 9.76. The highest BCUT2D eigenvalue weighted by Crippen LogP contribution is 2.13. The van der Waals surface area contributed by atoms with Crippen LogP contribution in [0.15, 0.2) is 18.5 Å². The standard InChI is InChI=1S/C20H30N6O/c1-5-25-15-19(16(3)22-25)14-23-9-11-24(12-10-23)20(27)8-7-18-13-21-26(6-2)17(18)4/h7-8,13,15H,5-6,9-12,14H2,1-4H3/b8-7+. The van der Waals surface area contributed by atoms with Crippen LogP contribution in [0.5, 0.6) is 0 Å². The van der Waals surface area contributed by atoms with Crippen molar-refractivity contribution in [3.63, 3.8) is 0 Å². The Morgan fingerprint density at radius 1 is 1.15 bits per heavy atom. The van der Waals surface area contributed by atoms with Crippen LogP contribution in [-0.2, 0) is 24.4 Å². The molecule has 0 bridgehead atoms. The average molecular weight is 371 g/mol. The third-order valence-electron chi connectivity index (χ3n) is 5.30. The molecule has 2 aromatic rings. The van der Waals surface area contributed by atoms with Gasteiger partial charge in [0.1, 0.15) is 0 Å². The second-order valence-corrected chi connectivity index (χ2v) is 7.03. The van der Waals surface area contributed by atoms with Gasteiger partial charge in [0.2, 0.25) is 5.91 Å². The van der Waals surface area contributed by atoms with Crippen LogP contribution < -0.4 is 0 Å². The van der Waals surface area contributed by atoms with Gasteiger partial charge in [0.05, 0.1) is 11.9 Å². The Kier molecular flexibility index (Phi) is 6.11. The maximum atomic E-state index is 12.5. The highest BCUT2D eigenvalue weighted by Gasteiger charge is 2.20. The van der Waals surface area contributed by atoms with E-state index in [4.69, 9.17) is 0 Å². The second kappa shape index (κ2) is 8.52. The molecule has 0 N–H and O–H groups in total. The van der Waals surface area contributed by atoms with E-state index in [2.05, 4.69) is 42.1 Å². The number of aryl methyl sites for hydroxylation is 3. The fraction of sp³-hybridized carbons (Fsp3) is 0.550. The summed E-state index contributed by atoms with van der Waals surface area (Å²) in [5.41, 5.74) is 4.47. The molecule has 0 aliphatic carbocycles. The largest absolute Gasteiger partial charge is 0.337 e. The third-order valence-corrected chi connectivity index (χ3v) is 5.30. The highest BCUT2D eigenvalue weighted by atomic mass is 16.2. The summed E-state index contributed by atoms with van der Waals surface area (Å²) in [7, 11) is 0. The Hall–Kier alpha value is -2.41. The molecule has 0 unspecified atom stereocenters. The Labute approximate surface area is 161 Å².